The Morgan fingerprint density at radius 3 is 2.00 bits per heavy atom. The molecule has 0 spiro atoms. The highest BCUT2D eigenvalue weighted by molar-refractivity contribution is 5.99. The van der Waals surface area contributed by atoms with Gasteiger partial charge in [0.25, 0.3) is 0 Å². The number of carbonyl (C=O) groups is 2. The standard InChI is InChI=1S/C24H21NO2/c1-17(26)18-9-8-14-21(15-18)25-23(27)22-16-24(22,19-10-4-2-5-11-19)20-12-6-3-7-13-20/h2-15,22H,16H2,1H3,(H,25,27)/t22-/m1/s1. The van der Waals surface area contributed by atoms with Gasteiger partial charge in [-0.1, -0.05) is 72.8 Å². The Labute approximate surface area is 159 Å². The van der Waals surface area contributed by atoms with E-state index in [4.69, 9.17) is 0 Å². The van der Waals surface area contributed by atoms with E-state index in [1.165, 1.54) is 6.92 Å². The van der Waals surface area contributed by atoms with Crippen molar-refractivity contribution in [2.24, 2.45) is 5.92 Å². The van der Waals surface area contributed by atoms with Crippen molar-refractivity contribution in [2.45, 2.75) is 18.8 Å². The first-order chi connectivity index (χ1) is 13.1. The zero-order chi connectivity index (χ0) is 18.9. The first kappa shape index (κ1) is 17.2. The molecule has 3 aromatic carbocycles. The summed E-state index contributed by atoms with van der Waals surface area (Å²) in [5.41, 5.74) is 3.29. The van der Waals surface area contributed by atoms with E-state index in [2.05, 4.69) is 29.6 Å². The minimum Gasteiger partial charge on any atom is -0.326 e. The predicted molar refractivity (Wildman–Crippen MR) is 107 cm³/mol. The number of ketones is 1. The van der Waals surface area contributed by atoms with Crippen molar-refractivity contribution in [3.8, 4) is 0 Å². The van der Waals surface area contributed by atoms with Crippen molar-refractivity contribution >= 4 is 17.4 Å². The fraction of sp³-hybridized carbons (Fsp3) is 0.167. The number of anilines is 1. The number of nitrogens with one attached hydrogen (secondary N) is 1. The van der Waals surface area contributed by atoms with Crippen LogP contribution in [0.2, 0.25) is 0 Å². The molecule has 27 heavy (non-hydrogen) atoms. The molecule has 3 heteroatoms. The van der Waals surface area contributed by atoms with E-state index in [1.807, 2.05) is 42.5 Å². The smallest absolute Gasteiger partial charge is 0.228 e. The molecule has 1 aliphatic carbocycles. The van der Waals surface area contributed by atoms with Gasteiger partial charge < -0.3 is 5.32 Å². The first-order valence-electron chi connectivity index (χ1n) is 9.14. The summed E-state index contributed by atoms with van der Waals surface area (Å²) < 4.78 is 0. The third-order valence-corrected chi connectivity index (χ3v) is 5.39. The van der Waals surface area contributed by atoms with Crippen LogP contribution >= 0.6 is 0 Å². The molecule has 0 aromatic heterocycles. The molecule has 1 atom stereocenters. The maximum Gasteiger partial charge on any atom is 0.228 e. The molecule has 0 unspecified atom stereocenters. The normalized spacial score (nSPS) is 17.1. The van der Waals surface area contributed by atoms with Gasteiger partial charge in [-0.25, -0.2) is 0 Å². The van der Waals surface area contributed by atoms with E-state index in [1.54, 1.807) is 18.2 Å². The third-order valence-electron chi connectivity index (χ3n) is 5.39. The number of benzene rings is 3. The summed E-state index contributed by atoms with van der Waals surface area (Å²) in [5.74, 6) is -0.160. The Morgan fingerprint density at radius 1 is 0.852 bits per heavy atom. The Kier molecular flexibility index (Phi) is 4.36. The SMILES string of the molecule is CC(=O)c1cccc(NC(=O)[C@H]2CC2(c2ccccc2)c2ccccc2)c1. The van der Waals surface area contributed by atoms with Crippen LogP contribution in [-0.4, -0.2) is 11.7 Å². The van der Waals surface area contributed by atoms with Crippen LogP contribution in [0.25, 0.3) is 0 Å². The lowest BCUT2D eigenvalue weighted by molar-refractivity contribution is -0.117. The quantitative estimate of drug-likeness (QED) is 0.666. The topological polar surface area (TPSA) is 46.2 Å². The van der Waals surface area contributed by atoms with Crippen LogP contribution < -0.4 is 5.32 Å². The number of carbonyl (C=O) groups excluding carboxylic acids is 2. The molecule has 0 aliphatic heterocycles. The molecule has 3 aromatic rings. The molecule has 0 heterocycles. The van der Waals surface area contributed by atoms with E-state index in [0.29, 0.717) is 11.3 Å². The number of amides is 1. The summed E-state index contributed by atoms with van der Waals surface area (Å²) in [7, 11) is 0. The first-order valence-corrected chi connectivity index (χ1v) is 9.14. The molecule has 134 valence electrons. The Hall–Kier alpha value is -3.20. The van der Waals surface area contributed by atoms with Crippen LogP contribution in [-0.2, 0) is 10.2 Å². The average molecular weight is 355 g/mol. The van der Waals surface area contributed by atoms with Crippen molar-refractivity contribution < 1.29 is 9.59 Å². The lowest BCUT2D eigenvalue weighted by atomic mass is 9.85. The molecule has 1 N–H and O–H groups in total. The van der Waals surface area contributed by atoms with Crippen LogP contribution in [0.4, 0.5) is 5.69 Å². The van der Waals surface area contributed by atoms with Gasteiger partial charge in [0.1, 0.15) is 0 Å². The zero-order valence-corrected chi connectivity index (χ0v) is 15.2. The van der Waals surface area contributed by atoms with Gasteiger partial charge in [0, 0.05) is 16.7 Å². The lowest BCUT2D eigenvalue weighted by Gasteiger charge is -2.19. The highest BCUT2D eigenvalue weighted by Crippen LogP contribution is 2.59. The molecule has 1 saturated carbocycles. The van der Waals surface area contributed by atoms with Crippen LogP contribution in [0, 0.1) is 5.92 Å². The van der Waals surface area contributed by atoms with E-state index >= 15 is 0 Å². The molecule has 3 nitrogen and oxygen atoms in total. The second-order valence-corrected chi connectivity index (χ2v) is 7.09. The number of rotatable bonds is 5. The fourth-order valence-electron chi connectivity index (χ4n) is 3.90. The summed E-state index contributed by atoms with van der Waals surface area (Å²) in [4.78, 5) is 24.6. The molecular weight excluding hydrogens is 334 g/mol. The maximum absolute atomic E-state index is 13.0. The average Bonchev–Trinajstić information content (AvgIpc) is 3.47. The summed E-state index contributed by atoms with van der Waals surface area (Å²) in [6.07, 6.45) is 0.777. The van der Waals surface area contributed by atoms with E-state index in [0.717, 1.165) is 17.5 Å². The van der Waals surface area contributed by atoms with Crippen molar-refractivity contribution in [3.63, 3.8) is 0 Å². The van der Waals surface area contributed by atoms with E-state index < -0.39 is 0 Å². The summed E-state index contributed by atoms with van der Waals surface area (Å²) in [6, 6.07) is 27.5. The second-order valence-electron chi connectivity index (χ2n) is 7.09. The minimum atomic E-state index is -0.287. The van der Waals surface area contributed by atoms with Crippen LogP contribution in [0.15, 0.2) is 84.9 Å². The van der Waals surface area contributed by atoms with Crippen LogP contribution in [0.1, 0.15) is 34.8 Å². The fourth-order valence-corrected chi connectivity index (χ4v) is 3.90. The van der Waals surface area contributed by atoms with Crippen molar-refractivity contribution in [1.29, 1.82) is 0 Å². The van der Waals surface area contributed by atoms with Gasteiger partial charge >= 0.3 is 0 Å². The van der Waals surface area contributed by atoms with E-state index in [9.17, 15) is 9.59 Å². The zero-order valence-electron chi connectivity index (χ0n) is 15.2. The van der Waals surface area contributed by atoms with Gasteiger partial charge in [-0.3, -0.25) is 9.59 Å². The number of Topliss-reactive ketones (excluding diaryl/α,β-unsaturated/α-hetero) is 1. The van der Waals surface area contributed by atoms with Gasteiger partial charge in [-0.2, -0.15) is 0 Å². The highest BCUT2D eigenvalue weighted by Gasteiger charge is 2.60. The lowest BCUT2D eigenvalue weighted by Crippen LogP contribution is -2.22. The third kappa shape index (κ3) is 3.17. The predicted octanol–water partition coefficient (Wildman–Crippen LogP) is 4.83. The summed E-state index contributed by atoms with van der Waals surface area (Å²) >= 11 is 0. The molecule has 4 rings (SSSR count). The molecule has 0 bridgehead atoms. The Bertz CT molecular complexity index is 940. The molecule has 0 saturated heterocycles. The number of hydrogen-bond acceptors (Lipinski definition) is 2. The molecule has 1 aliphatic rings. The van der Waals surface area contributed by atoms with Gasteiger partial charge in [0.2, 0.25) is 5.91 Å². The summed E-state index contributed by atoms with van der Waals surface area (Å²) in [6.45, 7) is 1.53. The number of hydrogen-bond donors (Lipinski definition) is 1. The Balaban J connectivity index is 1.63. The molecule has 1 fully saturated rings. The molecular formula is C24H21NO2. The second kappa shape index (κ2) is 6.84. The van der Waals surface area contributed by atoms with Crippen LogP contribution in [0.5, 0.6) is 0 Å². The van der Waals surface area contributed by atoms with Gasteiger partial charge in [0.05, 0.1) is 5.92 Å². The Morgan fingerprint density at radius 2 is 1.44 bits per heavy atom. The molecule has 0 radical (unpaired) electrons. The largest absolute Gasteiger partial charge is 0.326 e. The highest BCUT2D eigenvalue weighted by atomic mass is 16.2. The van der Waals surface area contributed by atoms with Crippen LogP contribution in [0.3, 0.4) is 0 Å². The van der Waals surface area contributed by atoms with Gasteiger partial charge in [-0.15, -0.1) is 0 Å². The van der Waals surface area contributed by atoms with Crippen molar-refractivity contribution in [3.05, 3.63) is 102 Å². The minimum absolute atomic E-state index is 0.0107. The summed E-state index contributed by atoms with van der Waals surface area (Å²) in [5, 5.41) is 3.00. The maximum atomic E-state index is 13.0. The monoisotopic (exact) mass is 355 g/mol. The molecule has 1 amide bonds. The van der Waals surface area contributed by atoms with Crippen molar-refractivity contribution in [2.75, 3.05) is 5.32 Å². The van der Waals surface area contributed by atoms with Gasteiger partial charge in [0.15, 0.2) is 5.78 Å². The van der Waals surface area contributed by atoms with E-state index in [-0.39, 0.29) is 23.0 Å². The van der Waals surface area contributed by atoms with Gasteiger partial charge in [-0.05, 0) is 36.6 Å². The van der Waals surface area contributed by atoms with Crippen molar-refractivity contribution in [1.82, 2.24) is 0 Å².